The van der Waals surface area contributed by atoms with Crippen molar-refractivity contribution >= 4 is 17.9 Å². The van der Waals surface area contributed by atoms with Crippen LogP contribution in [0.4, 0.5) is 0 Å². The first kappa shape index (κ1) is 21.1. The van der Waals surface area contributed by atoms with Crippen molar-refractivity contribution < 1.29 is 29.7 Å². The van der Waals surface area contributed by atoms with E-state index < -0.39 is 17.9 Å². The van der Waals surface area contributed by atoms with E-state index in [2.05, 4.69) is 0 Å². The lowest BCUT2D eigenvalue weighted by molar-refractivity contribution is -0.137. The number of aromatic carboxylic acids is 2. The SMILES string of the molecule is C/C=C\C(=C/C)CN(CCC(=O)O)Cc1ccc(C(=O)O)c(C(=O)O)c1. The van der Waals surface area contributed by atoms with E-state index in [-0.39, 0.29) is 24.1 Å². The molecule has 0 radical (unpaired) electrons. The number of nitrogens with zero attached hydrogens (tertiary/aromatic N) is 1. The van der Waals surface area contributed by atoms with Crippen LogP contribution in [0.25, 0.3) is 0 Å². The molecule has 0 aliphatic rings. The van der Waals surface area contributed by atoms with Gasteiger partial charge in [0.05, 0.1) is 17.5 Å². The van der Waals surface area contributed by atoms with Crippen LogP contribution in [0.5, 0.6) is 0 Å². The van der Waals surface area contributed by atoms with Gasteiger partial charge in [-0.15, -0.1) is 0 Å². The highest BCUT2D eigenvalue weighted by atomic mass is 16.4. The van der Waals surface area contributed by atoms with Crippen LogP contribution in [0.1, 0.15) is 46.5 Å². The van der Waals surface area contributed by atoms with E-state index in [0.29, 0.717) is 18.7 Å². The molecule has 0 fully saturated rings. The van der Waals surface area contributed by atoms with Crippen molar-refractivity contribution in [2.24, 2.45) is 0 Å². The fraction of sp³-hybridized carbons (Fsp3) is 0.316. The lowest BCUT2D eigenvalue weighted by Gasteiger charge is -2.22. The first-order valence-corrected chi connectivity index (χ1v) is 8.10. The van der Waals surface area contributed by atoms with Crippen molar-refractivity contribution in [1.82, 2.24) is 4.90 Å². The molecule has 0 bridgehead atoms. The Morgan fingerprint density at radius 2 is 1.69 bits per heavy atom. The maximum Gasteiger partial charge on any atom is 0.336 e. The molecule has 0 spiro atoms. The number of carboxylic acid groups (broad SMARTS) is 3. The average molecular weight is 361 g/mol. The second kappa shape index (κ2) is 10.1. The molecular weight excluding hydrogens is 338 g/mol. The number of allylic oxidation sites excluding steroid dienone is 2. The number of benzene rings is 1. The van der Waals surface area contributed by atoms with Crippen molar-refractivity contribution in [2.45, 2.75) is 26.8 Å². The van der Waals surface area contributed by atoms with Crippen LogP contribution in [0, 0.1) is 0 Å². The first-order valence-electron chi connectivity index (χ1n) is 8.10. The zero-order valence-electron chi connectivity index (χ0n) is 14.8. The predicted octanol–water partition coefficient (Wildman–Crippen LogP) is 2.88. The molecule has 1 aromatic rings. The Bertz CT molecular complexity index is 736. The third kappa shape index (κ3) is 6.52. The van der Waals surface area contributed by atoms with Gasteiger partial charge in [0.15, 0.2) is 0 Å². The average Bonchev–Trinajstić information content (AvgIpc) is 2.58. The quantitative estimate of drug-likeness (QED) is 0.549. The summed E-state index contributed by atoms with van der Waals surface area (Å²) in [5, 5.41) is 27.3. The van der Waals surface area contributed by atoms with Gasteiger partial charge >= 0.3 is 17.9 Å². The van der Waals surface area contributed by atoms with Crippen molar-refractivity contribution in [1.29, 1.82) is 0 Å². The lowest BCUT2D eigenvalue weighted by Crippen LogP contribution is -2.28. The van der Waals surface area contributed by atoms with Gasteiger partial charge in [-0.25, -0.2) is 9.59 Å². The number of hydrogen-bond donors (Lipinski definition) is 3. The van der Waals surface area contributed by atoms with E-state index in [4.69, 9.17) is 10.2 Å². The molecule has 0 aromatic heterocycles. The van der Waals surface area contributed by atoms with Gasteiger partial charge in [-0.2, -0.15) is 0 Å². The molecule has 0 heterocycles. The zero-order chi connectivity index (χ0) is 19.7. The number of hydrogen-bond acceptors (Lipinski definition) is 4. The molecule has 140 valence electrons. The van der Waals surface area contributed by atoms with Gasteiger partial charge in [0.1, 0.15) is 0 Å². The summed E-state index contributed by atoms with van der Waals surface area (Å²) in [6.07, 6.45) is 5.68. The Hall–Kier alpha value is -2.93. The molecule has 1 aromatic carbocycles. The lowest BCUT2D eigenvalue weighted by atomic mass is 10.0. The Morgan fingerprint density at radius 3 is 2.19 bits per heavy atom. The van der Waals surface area contributed by atoms with E-state index in [1.54, 1.807) is 6.07 Å². The summed E-state index contributed by atoms with van der Waals surface area (Å²) in [6.45, 7) is 4.86. The van der Waals surface area contributed by atoms with Crippen LogP contribution < -0.4 is 0 Å². The highest BCUT2D eigenvalue weighted by Crippen LogP contribution is 2.16. The molecular formula is C19H23NO6. The first-order chi connectivity index (χ1) is 12.3. The van der Waals surface area contributed by atoms with Crippen molar-refractivity contribution in [3.63, 3.8) is 0 Å². The number of rotatable bonds is 10. The summed E-state index contributed by atoms with van der Waals surface area (Å²) in [5.41, 5.74) is 1.04. The number of aliphatic carboxylic acids is 1. The largest absolute Gasteiger partial charge is 0.481 e. The topological polar surface area (TPSA) is 115 Å². The van der Waals surface area contributed by atoms with Gasteiger partial charge in [-0.1, -0.05) is 24.3 Å². The highest BCUT2D eigenvalue weighted by Gasteiger charge is 2.17. The van der Waals surface area contributed by atoms with Crippen molar-refractivity contribution in [3.8, 4) is 0 Å². The van der Waals surface area contributed by atoms with E-state index in [1.807, 2.05) is 37.0 Å². The molecule has 3 N–H and O–H groups in total. The molecule has 1 rings (SSSR count). The van der Waals surface area contributed by atoms with Gasteiger partial charge in [-0.3, -0.25) is 9.69 Å². The second-order valence-corrected chi connectivity index (χ2v) is 5.71. The Kier molecular flexibility index (Phi) is 8.24. The van der Waals surface area contributed by atoms with Crippen LogP contribution in [-0.2, 0) is 11.3 Å². The molecule has 0 amide bonds. The van der Waals surface area contributed by atoms with Crippen LogP contribution in [0.3, 0.4) is 0 Å². The summed E-state index contributed by atoms with van der Waals surface area (Å²) in [6, 6.07) is 4.14. The van der Waals surface area contributed by atoms with Gasteiger partial charge in [0.25, 0.3) is 0 Å². The third-order valence-electron chi connectivity index (χ3n) is 3.75. The summed E-state index contributed by atoms with van der Waals surface area (Å²) < 4.78 is 0. The fourth-order valence-electron chi connectivity index (χ4n) is 2.49. The molecule has 0 aliphatic heterocycles. The Balaban J connectivity index is 3.09. The fourth-order valence-corrected chi connectivity index (χ4v) is 2.49. The molecule has 7 heteroatoms. The van der Waals surface area contributed by atoms with E-state index in [9.17, 15) is 19.5 Å². The number of carboxylic acids is 3. The molecule has 0 atom stereocenters. The molecule has 26 heavy (non-hydrogen) atoms. The Labute approximate surface area is 151 Å². The van der Waals surface area contributed by atoms with Crippen LogP contribution in [0.15, 0.2) is 42.0 Å². The van der Waals surface area contributed by atoms with Gasteiger partial charge in [0.2, 0.25) is 0 Å². The minimum atomic E-state index is -1.32. The predicted molar refractivity (Wildman–Crippen MR) is 96.5 cm³/mol. The van der Waals surface area contributed by atoms with E-state index >= 15 is 0 Å². The molecule has 7 nitrogen and oxygen atoms in total. The Morgan fingerprint density at radius 1 is 1.04 bits per heavy atom. The monoisotopic (exact) mass is 361 g/mol. The minimum Gasteiger partial charge on any atom is -0.481 e. The molecule has 0 saturated heterocycles. The summed E-state index contributed by atoms with van der Waals surface area (Å²) in [5.74, 6) is -3.54. The van der Waals surface area contributed by atoms with E-state index in [0.717, 1.165) is 5.57 Å². The standard InChI is InChI=1S/C19H23NO6/c1-3-5-13(4-2)11-20(9-8-17(21)22)12-14-6-7-15(18(23)24)16(10-14)19(25)26/h3-7,10H,8-9,11-12H2,1-2H3,(H,21,22)(H,23,24)(H,25,26)/b5-3-,13-4+. The summed E-state index contributed by atoms with van der Waals surface area (Å²) in [7, 11) is 0. The van der Waals surface area contributed by atoms with Gasteiger partial charge < -0.3 is 15.3 Å². The third-order valence-corrected chi connectivity index (χ3v) is 3.75. The molecule has 0 unspecified atom stereocenters. The summed E-state index contributed by atoms with van der Waals surface area (Å²) >= 11 is 0. The smallest absolute Gasteiger partial charge is 0.336 e. The van der Waals surface area contributed by atoms with Crippen molar-refractivity contribution in [3.05, 3.63) is 58.7 Å². The molecule has 0 aliphatic carbocycles. The minimum absolute atomic E-state index is 0.0498. The highest BCUT2D eigenvalue weighted by molar-refractivity contribution is 6.01. The maximum atomic E-state index is 11.3. The maximum absolute atomic E-state index is 11.3. The van der Waals surface area contributed by atoms with Crippen LogP contribution in [-0.4, -0.2) is 51.2 Å². The zero-order valence-corrected chi connectivity index (χ0v) is 14.8. The second-order valence-electron chi connectivity index (χ2n) is 5.71. The van der Waals surface area contributed by atoms with Crippen molar-refractivity contribution in [2.75, 3.05) is 13.1 Å². The van der Waals surface area contributed by atoms with Crippen LogP contribution in [0.2, 0.25) is 0 Å². The normalized spacial score (nSPS) is 11.9. The molecule has 0 saturated carbocycles. The van der Waals surface area contributed by atoms with Gasteiger partial charge in [0, 0.05) is 19.6 Å². The summed E-state index contributed by atoms with van der Waals surface area (Å²) in [4.78, 5) is 35.2. The van der Waals surface area contributed by atoms with Gasteiger partial charge in [-0.05, 0) is 37.1 Å². The van der Waals surface area contributed by atoms with E-state index in [1.165, 1.54) is 12.1 Å². The van der Waals surface area contributed by atoms with Crippen LogP contribution >= 0.6 is 0 Å². The number of carbonyl (C=O) groups is 3.